The van der Waals surface area contributed by atoms with Crippen LogP contribution in [0.2, 0.25) is 0 Å². The van der Waals surface area contributed by atoms with Crippen LogP contribution in [0.25, 0.3) is 0 Å². The van der Waals surface area contributed by atoms with Crippen molar-refractivity contribution in [3.05, 3.63) is 40.3 Å². The first-order valence-electron chi connectivity index (χ1n) is 8.16. The second-order valence-electron chi connectivity index (χ2n) is 5.92. The fraction of sp³-hybridized carbons (Fsp3) is 0.529. The van der Waals surface area contributed by atoms with Gasteiger partial charge < -0.3 is 10.1 Å². The topological polar surface area (TPSA) is 56.1 Å². The fourth-order valence-corrected chi connectivity index (χ4v) is 3.71. The van der Waals surface area contributed by atoms with Crippen molar-refractivity contribution in [2.75, 3.05) is 6.61 Å². The van der Waals surface area contributed by atoms with E-state index in [9.17, 15) is 4.79 Å². The highest BCUT2D eigenvalue weighted by molar-refractivity contribution is 7.10. The number of amides is 1. The molecule has 1 fully saturated rings. The summed E-state index contributed by atoms with van der Waals surface area (Å²) >= 11 is 1.62. The number of ether oxygens (including phenoxy) is 1. The maximum atomic E-state index is 12.6. The summed E-state index contributed by atoms with van der Waals surface area (Å²) in [4.78, 5) is 13.7. The number of carbonyl (C=O) groups is 1. The van der Waals surface area contributed by atoms with Crippen LogP contribution in [-0.2, 0) is 16.1 Å². The summed E-state index contributed by atoms with van der Waals surface area (Å²) in [6.07, 6.45) is 5.66. The van der Waals surface area contributed by atoms with Gasteiger partial charge in [-0.25, -0.2) is 0 Å². The summed E-state index contributed by atoms with van der Waals surface area (Å²) in [6, 6.07) is 4.00. The monoisotopic (exact) mass is 333 g/mol. The first kappa shape index (κ1) is 16.2. The molecule has 1 saturated heterocycles. The summed E-state index contributed by atoms with van der Waals surface area (Å²) in [7, 11) is 0. The predicted molar refractivity (Wildman–Crippen MR) is 90.5 cm³/mol. The molecule has 0 bridgehead atoms. The van der Waals surface area contributed by atoms with Gasteiger partial charge in [-0.2, -0.15) is 5.10 Å². The minimum atomic E-state index is -0.129. The van der Waals surface area contributed by atoms with E-state index in [4.69, 9.17) is 4.74 Å². The standard InChI is InChI=1S/C17H23N3O2S/c1-3-20-11-13(10-18-20)16-14(6-4-8-22-16)19-17(21)12(2)15-7-5-9-23-15/h5,7,9-12,14,16H,3-4,6,8H2,1-2H3,(H,19,21)/t12?,14-,16+/m0/s1. The number of nitrogens with one attached hydrogen (secondary N) is 1. The third-order valence-corrected chi connectivity index (χ3v) is 5.37. The molecular weight excluding hydrogens is 310 g/mol. The number of nitrogens with zero attached hydrogens (tertiary/aromatic N) is 2. The predicted octanol–water partition coefficient (Wildman–Crippen LogP) is 3.10. The second-order valence-corrected chi connectivity index (χ2v) is 6.89. The van der Waals surface area contributed by atoms with Crippen LogP contribution in [0.5, 0.6) is 0 Å². The van der Waals surface area contributed by atoms with Crippen LogP contribution in [0.4, 0.5) is 0 Å². The van der Waals surface area contributed by atoms with E-state index in [2.05, 4.69) is 17.3 Å². The highest BCUT2D eigenvalue weighted by Crippen LogP contribution is 2.29. The van der Waals surface area contributed by atoms with E-state index < -0.39 is 0 Å². The van der Waals surface area contributed by atoms with Gasteiger partial charge in [0.2, 0.25) is 5.91 Å². The first-order valence-corrected chi connectivity index (χ1v) is 9.04. The van der Waals surface area contributed by atoms with Gasteiger partial charge in [-0.3, -0.25) is 9.48 Å². The molecule has 124 valence electrons. The molecule has 3 heterocycles. The maximum absolute atomic E-state index is 12.6. The Morgan fingerprint density at radius 3 is 3.17 bits per heavy atom. The van der Waals surface area contributed by atoms with Crippen molar-refractivity contribution >= 4 is 17.2 Å². The second kappa shape index (κ2) is 7.27. The molecule has 1 amide bonds. The van der Waals surface area contributed by atoms with Gasteiger partial charge in [-0.05, 0) is 38.1 Å². The number of hydrogen-bond donors (Lipinski definition) is 1. The van der Waals surface area contributed by atoms with Gasteiger partial charge in [0.25, 0.3) is 0 Å². The van der Waals surface area contributed by atoms with Crippen molar-refractivity contribution in [3.8, 4) is 0 Å². The molecule has 0 aliphatic carbocycles. The lowest BCUT2D eigenvalue weighted by molar-refractivity contribution is -0.125. The Labute approximate surface area is 140 Å². The Kier molecular flexibility index (Phi) is 5.13. The maximum Gasteiger partial charge on any atom is 0.228 e. The average Bonchev–Trinajstić information content (AvgIpc) is 3.26. The Morgan fingerprint density at radius 1 is 1.61 bits per heavy atom. The molecule has 23 heavy (non-hydrogen) atoms. The fourth-order valence-electron chi connectivity index (χ4n) is 2.93. The normalized spacial score (nSPS) is 22.7. The van der Waals surface area contributed by atoms with Crippen LogP contribution in [0.3, 0.4) is 0 Å². The van der Waals surface area contributed by atoms with Crippen molar-refractivity contribution in [3.63, 3.8) is 0 Å². The quantitative estimate of drug-likeness (QED) is 0.915. The van der Waals surface area contributed by atoms with E-state index in [1.807, 2.05) is 41.5 Å². The van der Waals surface area contributed by atoms with Crippen LogP contribution in [0.15, 0.2) is 29.9 Å². The molecule has 1 unspecified atom stereocenters. The smallest absolute Gasteiger partial charge is 0.228 e. The number of aryl methyl sites for hydroxylation is 1. The number of hydrogen-bond acceptors (Lipinski definition) is 4. The van der Waals surface area contributed by atoms with Crippen molar-refractivity contribution in [2.45, 2.75) is 51.3 Å². The van der Waals surface area contributed by atoms with Gasteiger partial charge in [-0.1, -0.05) is 6.07 Å². The Morgan fingerprint density at radius 2 is 2.48 bits per heavy atom. The van der Waals surface area contributed by atoms with Gasteiger partial charge in [-0.15, -0.1) is 11.3 Å². The molecule has 0 aromatic carbocycles. The third kappa shape index (κ3) is 3.64. The minimum absolute atomic E-state index is 0.00756. The molecule has 1 N–H and O–H groups in total. The summed E-state index contributed by atoms with van der Waals surface area (Å²) in [5.41, 5.74) is 1.04. The number of carbonyl (C=O) groups excluding carboxylic acids is 1. The Hall–Kier alpha value is -1.66. The lowest BCUT2D eigenvalue weighted by Crippen LogP contribution is -2.44. The van der Waals surface area contributed by atoms with Gasteiger partial charge in [0.15, 0.2) is 0 Å². The molecule has 5 nitrogen and oxygen atoms in total. The summed E-state index contributed by atoms with van der Waals surface area (Å²) < 4.78 is 7.83. The summed E-state index contributed by atoms with van der Waals surface area (Å²) in [5, 5.41) is 9.52. The molecule has 0 saturated carbocycles. The zero-order chi connectivity index (χ0) is 16.2. The van der Waals surface area contributed by atoms with Gasteiger partial charge in [0.05, 0.1) is 18.2 Å². The SMILES string of the molecule is CCn1cc([C@H]2OCCC[C@@H]2NC(=O)C(C)c2cccs2)cn1. The molecule has 0 radical (unpaired) electrons. The molecule has 0 spiro atoms. The first-order chi connectivity index (χ1) is 11.2. The average molecular weight is 333 g/mol. The Bertz CT molecular complexity index is 638. The van der Waals surface area contributed by atoms with E-state index in [-0.39, 0.29) is 24.0 Å². The van der Waals surface area contributed by atoms with Crippen LogP contribution < -0.4 is 5.32 Å². The molecule has 1 aliphatic rings. The van der Waals surface area contributed by atoms with Crippen molar-refractivity contribution in [1.82, 2.24) is 15.1 Å². The van der Waals surface area contributed by atoms with E-state index in [0.29, 0.717) is 0 Å². The van der Waals surface area contributed by atoms with E-state index in [1.54, 1.807) is 11.3 Å². The highest BCUT2D eigenvalue weighted by atomic mass is 32.1. The summed E-state index contributed by atoms with van der Waals surface area (Å²) in [6.45, 7) is 5.57. The third-order valence-electron chi connectivity index (χ3n) is 4.32. The zero-order valence-electron chi connectivity index (χ0n) is 13.6. The lowest BCUT2D eigenvalue weighted by Gasteiger charge is -2.32. The number of aromatic nitrogens is 2. The van der Waals surface area contributed by atoms with Crippen molar-refractivity contribution in [1.29, 1.82) is 0 Å². The van der Waals surface area contributed by atoms with Crippen molar-refractivity contribution < 1.29 is 9.53 Å². The molecule has 6 heteroatoms. The zero-order valence-corrected chi connectivity index (χ0v) is 14.4. The van der Waals surface area contributed by atoms with E-state index in [0.717, 1.165) is 36.4 Å². The Balaban J connectivity index is 1.70. The lowest BCUT2D eigenvalue weighted by atomic mass is 9.97. The van der Waals surface area contributed by atoms with E-state index >= 15 is 0 Å². The van der Waals surface area contributed by atoms with Crippen LogP contribution >= 0.6 is 11.3 Å². The van der Waals surface area contributed by atoms with Gasteiger partial charge >= 0.3 is 0 Å². The van der Waals surface area contributed by atoms with E-state index in [1.165, 1.54) is 0 Å². The van der Waals surface area contributed by atoms with Crippen LogP contribution in [0.1, 0.15) is 49.2 Å². The molecule has 1 aliphatic heterocycles. The minimum Gasteiger partial charge on any atom is -0.371 e. The molecule has 2 aromatic heterocycles. The number of thiophene rings is 1. The van der Waals surface area contributed by atoms with Gasteiger partial charge in [0, 0.05) is 29.8 Å². The molecule has 3 rings (SSSR count). The summed E-state index contributed by atoms with van der Waals surface area (Å²) in [5.74, 6) is -0.0632. The molecule has 2 aromatic rings. The number of rotatable bonds is 5. The van der Waals surface area contributed by atoms with Crippen LogP contribution in [-0.4, -0.2) is 28.3 Å². The largest absolute Gasteiger partial charge is 0.371 e. The molecule has 3 atom stereocenters. The van der Waals surface area contributed by atoms with Crippen LogP contribution in [0, 0.1) is 0 Å². The molecular formula is C17H23N3O2S. The van der Waals surface area contributed by atoms with Gasteiger partial charge in [0.1, 0.15) is 6.10 Å². The van der Waals surface area contributed by atoms with Crippen molar-refractivity contribution in [2.24, 2.45) is 0 Å². The highest BCUT2D eigenvalue weighted by Gasteiger charge is 2.31.